The zero-order valence-electron chi connectivity index (χ0n) is 11.4. The van der Waals surface area contributed by atoms with Crippen LogP contribution >= 0.6 is 11.3 Å². The van der Waals surface area contributed by atoms with E-state index in [1.807, 2.05) is 0 Å². The van der Waals surface area contributed by atoms with Crippen LogP contribution in [-0.2, 0) is 17.5 Å². The van der Waals surface area contributed by atoms with Crippen molar-refractivity contribution in [1.29, 1.82) is 0 Å². The molecular formula is C12H16F3N3O2S. The lowest BCUT2D eigenvalue weighted by Crippen LogP contribution is -2.46. The van der Waals surface area contributed by atoms with Gasteiger partial charge < -0.3 is 15.0 Å². The van der Waals surface area contributed by atoms with E-state index in [-0.39, 0.29) is 23.6 Å². The Balaban J connectivity index is 1.86. The Morgan fingerprint density at radius 2 is 2.38 bits per heavy atom. The number of hydrogen-bond donors (Lipinski definition) is 1. The van der Waals surface area contributed by atoms with Crippen molar-refractivity contribution in [2.75, 3.05) is 20.3 Å². The van der Waals surface area contributed by atoms with Crippen molar-refractivity contribution in [3.05, 3.63) is 16.1 Å². The molecule has 1 atom stereocenters. The number of nitrogens with zero attached hydrogens (tertiary/aromatic N) is 2. The van der Waals surface area contributed by atoms with Gasteiger partial charge in [0.15, 0.2) is 5.69 Å². The normalized spacial score (nSPS) is 19.3. The molecule has 0 aromatic carbocycles. The molecule has 118 valence electrons. The molecule has 5 nitrogen and oxygen atoms in total. The Kier molecular flexibility index (Phi) is 5.04. The number of ether oxygens (including phenoxy) is 1. The molecule has 0 spiro atoms. The van der Waals surface area contributed by atoms with E-state index in [0.29, 0.717) is 13.2 Å². The smallest absolute Gasteiger partial charge is 0.379 e. The fourth-order valence-electron chi connectivity index (χ4n) is 1.93. The molecule has 0 radical (unpaired) electrons. The Morgan fingerprint density at radius 3 is 2.95 bits per heavy atom. The molecule has 1 fully saturated rings. The van der Waals surface area contributed by atoms with Crippen molar-refractivity contribution < 1.29 is 22.7 Å². The van der Waals surface area contributed by atoms with Gasteiger partial charge in [-0.25, -0.2) is 9.78 Å². The highest BCUT2D eigenvalue weighted by Crippen LogP contribution is 2.30. The van der Waals surface area contributed by atoms with Crippen molar-refractivity contribution in [3.8, 4) is 0 Å². The van der Waals surface area contributed by atoms with Gasteiger partial charge in [0.2, 0.25) is 0 Å². The summed E-state index contributed by atoms with van der Waals surface area (Å²) in [6.07, 6.45) is -2.72. The number of carbonyl (C=O) groups excluding carboxylic acids is 1. The molecule has 0 aliphatic carbocycles. The van der Waals surface area contributed by atoms with E-state index in [2.05, 4.69) is 10.3 Å². The first-order valence-electron chi connectivity index (χ1n) is 6.47. The molecule has 2 amide bonds. The second kappa shape index (κ2) is 6.61. The summed E-state index contributed by atoms with van der Waals surface area (Å²) in [7, 11) is 1.52. The summed E-state index contributed by atoms with van der Waals surface area (Å²) in [5, 5.41) is 4.00. The number of nitrogens with one attached hydrogen (secondary N) is 1. The van der Waals surface area contributed by atoms with Crippen molar-refractivity contribution in [2.45, 2.75) is 31.6 Å². The van der Waals surface area contributed by atoms with Crippen LogP contribution in [0.25, 0.3) is 0 Å². The van der Waals surface area contributed by atoms with Gasteiger partial charge in [0.1, 0.15) is 5.01 Å². The Bertz CT molecular complexity index is 486. The first-order valence-corrected chi connectivity index (χ1v) is 7.35. The standard InChI is InChI=1S/C12H16F3N3O2S/c1-18(11(19)16-8-3-2-4-20-6-8)5-10-17-9(7-21-10)12(13,14)15/h7-8H,2-6H2,1H3,(H,16,19). The maximum atomic E-state index is 12.4. The van der Waals surface area contributed by atoms with Gasteiger partial charge in [-0.2, -0.15) is 13.2 Å². The van der Waals surface area contributed by atoms with E-state index in [1.54, 1.807) is 0 Å². The quantitative estimate of drug-likeness (QED) is 0.930. The highest BCUT2D eigenvalue weighted by molar-refractivity contribution is 7.09. The molecular weight excluding hydrogens is 307 g/mol. The third kappa shape index (κ3) is 4.57. The molecule has 21 heavy (non-hydrogen) atoms. The highest BCUT2D eigenvalue weighted by atomic mass is 32.1. The molecule has 2 rings (SSSR count). The van der Waals surface area contributed by atoms with Crippen LogP contribution in [0.5, 0.6) is 0 Å². The summed E-state index contributed by atoms with van der Waals surface area (Å²) in [6.45, 7) is 1.21. The minimum atomic E-state index is -4.45. The summed E-state index contributed by atoms with van der Waals surface area (Å²) < 4.78 is 42.6. The highest BCUT2D eigenvalue weighted by Gasteiger charge is 2.33. The van der Waals surface area contributed by atoms with Gasteiger partial charge >= 0.3 is 12.2 Å². The maximum Gasteiger partial charge on any atom is 0.434 e. The van der Waals surface area contributed by atoms with E-state index in [1.165, 1.54) is 11.9 Å². The van der Waals surface area contributed by atoms with Crippen LogP contribution in [0, 0.1) is 0 Å². The van der Waals surface area contributed by atoms with E-state index < -0.39 is 11.9 Å². The number of halogens is 3. The molecule has 0 bridgehead atoms. The van der Waals surface area contributed by atoms with Gasteiger partial charge in [-0.05, 0) is 12.8 Å². The van der Waals surface area contributed by atoms with Gasteiger partial charge in [0, 0.05) is 19.0 Å². The number of hydrogen-bond acceptors (Lipinski definition) is 4. The lowest BCUT2D eigenvalue weighted by atomic mass is 10.1. The number of amides is 2. The predicted molar refractivity (Wildman–Crippen MR) is 71.0 cm³/mol. The summed E-state index contributed by atoms with van der Waals surface area (Å²) in [5.41, 5.74) is -0.919. The van der Waals surface area contributed by atoms with E-state index in [9.17, 15) is 18.0 Å². The van der Waals surface area contributed by atoms with Crippen LogP contribution in [0.2, 0.25) is 0 Å². The van der Waals surface area contributed by atoms with E-state index in [4.69, 9.17) is 4.74 Å². The molecule has 1 aliphatic heterocycles. The third-order valence-corrected chi connectivity index (χ3v) is 3.88. The van der Waals surface area contributed by atoms with Gasteiger partial charge in [-0.3, -0.25) is 0 Å². The summed E-state index contributed by atoms with van der Waals surface area (Å²) in [6, 6.07) is -0.384. The van der Waals surface area contributed by atoms with Gasteiger partial charge in [0.25, 0.3) is 0 Å². The molecule has 1 aliphatic rings. The molecule has 1 aromatic heterocycles. The van der Waals surface area contributed by atoms with Crippen LogP contribution in [0.1, 0.15) is 23.5 Å². The fourth-order valence-corrected chi connectivity index (χ4v) is 2.78. The van der Waals surface area contributed by atoms with E-state index >= 15 is 0 Å². The zero-order valence-corrected chi connectivity index (χ0v) is 12.3. The number of carbonyl (C=O) groups is 1. The molecule has 1 unspecified atom stereocenters. The van der Waals surface area contributed by atoms with Crippen LogP contribution in [0.3, 0.4) is 0 Å². The first-order chi connectivity index (χ1) is 9.86. The molecule has 1 N–H and O–H groups in total. The average Bonchev–Trinajstić information content (AvgIpc) is 2.88. The minimum absolute atomic E-state index is 0.0418. The molecule has 2 heterocycles. The van der Waals surface area contributed by atoms with Crippen molar-refractivity contribution in [3.63, 3.8) is 0 Å². The molecule has 0 saturated carbocycles. The molecule has 1 aromatic rings. The van der Waals surface area contributed by atoms with Crippen molar-refractivity contribution in [1.82, 2.24) is 15.2 Å². The summed E-state index contributed by atoms with van der Waals surface area (Å²) in [5.74, 6) is 0. The summed E-state index contributed by atoms with van der Waals surface area (Å²) >= 11 is 0.891. The second-order valence-corrected chi connectivity index (χ2v) is 5.79. The minimum Gasteiger partial charge on any atom is -0.379 e. The van der Waals surface area contributed by atoms with Gasteiger partial charge in [-0.15, -0.1) is 11.3 Å². The lowest BCUT2D eigenvalue weighted by Gasteiger charge is -2.25. The second-order valence-electron chi connectivity index (χ2n) is 4.84. The fraction of sp³-hybridized carbons (Fsp3) is 0.667. The average molecular weight is 323 g/mol. The number of rotatable bonds is 3. The monoisotopic (exact) mass is 323 g/mol. The first kappa shape index (κ1) is 16.0. The Morgan fingerprint density at radius 1 is 1.62 bits per heavy atom. The molecule has 1 saturated heterocycles. The van der Waals surface area contributed by atoms with Crippen LogP contribution in [0.4, 0.5) is 18.0 Å². The number of alkyl halides is 3. The predicted octanol–water partition coefficient (Wildman–Crippen LogP) is 2.48. The Labute approximate surface area is 124 Å². The largest absolute Gasteiger partial charge is 0.434 e. The third-order valence-electron chi connectivity index (χ3n) is 3.05. The van der Waals surface area contributed by atoms with Crippen molar-refractivity contribution in [2.24, 2.45) is 0 Å². The van der Waals surface area contributed by atoms with Gasteiger partial charge in [0.05, 0.1) is 19.2 Å². The van der Waals surface area contributed by atoms with Crippen LogP contribution in [-0.4, -0.2) is 42.2 Å². The van der Waals surface area contributed by atoms with Crippen molar-refractivity contribution >= 4 is 17.4 Å². The van der Waals surface area contributed by atoms with Crippen LogP contribution < -0.4 is 5.32 Å². The van der Waals surface area contributed by atoms with E-state index in [0.717, 1.165) is 29.6 Å². The molecule has 9 heteroatoms. The van der Waals surface area contributed by atoms with Gasteiger partial charge in [-0.1, -0.05) is 0 Å². The zero-order chi connectivity index (χ0) is 15.5. The number of aromatic nitrogens is 1. The van der Waals surface area contributed by atoms with Crippen LogP contribution in [0.15, 0.2) is 5.38 Å². The maximum absolute atomic E-state index is 12.4. The SMILES string of the molecule is CN(Cc1nc(C(F)(F)F)cs1)C(=O)NC1CCCOC1. The number of thiazole rings is 1. The lowest BCUT2D eigenvalue weighted by molar-refractivity contribution is -0.140. The Hall–Kier alpha value is -1.35. The summed E-state index contributed by atoms with van der Waals surface area (Å²) in [4.78, 5) is 16.7. The number of urea groups is 1. The topological polar surface area (TPSA) is 54.5 Å².